The van der Waals surface area contributed by atoms with E-state index in [0.717, 1.165) is 18.4 Å². The van der Waals surface area contributed by atoms with Crippen LogP contribution in [0.3, 0.4) is 0 Å². The Morgan fingerprint density at radius 2 is 1.25 bits per heavy atom. The molecule has 24 heavy (non-hydrogen) atoms. The molecule has 2 N–H and O–H groups in total. The van der Waals surface area contributed by atoms with Gasteiger partial charge in [-0.2, -0.15) is 0 Å². The molecule has 4 heteroatoms. The van der Waals surface area contributed by atoms with Gasteiger partial charge in [-0.25, -0.2) is 0 Å². The van der Waals surface area contributed by atoms with Gasteiger partial charge in [0.15, 0.2) is 0 Å². The molecule has 2 rings (SSSR count). The van der Waals surface area contributed by atoms with Crippen LogP contribution in [0.1, 0.15) is 47.3 Å². The second-order valence-corrected chi connectivity index (χ2v) is 5.72. The van der Waals surface area contributed by atoms with Crippen LogP contribution in [0.25, 0.3) is 0 Å². The molecule has 0 saturated heterocycles. The predicted octanol–water partition coefficient (Wildman–Crippen LogP) is 3.21. The number of hydrazine groups is 1. The van der Waals surface area contributed by atoms with Crippen LogP contribution in [-0.2, 0) is 24.1 Å². The van der Waals surface area contributed by atoms with Crippen molar-refractivity contribution in [1.29, 1.82) is 0 Å². The maximum absolute atomic E-state index is 12.0. The van der Waals surface area contributed by atoms with Crippen LogP contribution >= 0.6 is 0 Å². The van der Waals surface area contributed by atoms with Gasteiger partial charge < -0.3 is 0 Å². The van der Waals surface area contributed by atoms with Crippen LogP contribution in [0.2, 0.25) is 0 Å². The normalized spacial score (nSPS) is 10.2. The van der Waals surface area contributed by atoms with Crippen LogP contribution in [-0.4, -0.2) is 11.8 Å². The van der Waals surface area contributed by atoms with Gasteiger partial charge in [-0.05, 0) is 48.1 Å². The quantitative estimate of drug-likeness (QED) is 0.802. The number of rotatable bonds is 6. The molecular weight excluding hydrogens is 300 g/mol. The second kappa shape index (κ2) is 8.87. The number of benzene rings is 2. The van der Waals surface area contributed by atoms with Crippen LogP contribution in [0, 0.1) is 0 Å². The zero-order chi connectivity index (χ0) is 17.4. The third-order valence-electron chi connectivity index (χ3n) is 4.01. The molecule has 126 valence electrons. The fraction of sp³-hybridized carbons (Fsp3) is 0.300. The average molecular weight is 324 g/mol. The van der Waals surface area contributed by atoms with Crippen LogP contribution in [0.15, 0.2) is 48.5 Å². The SMILES string of the molecule is CCc1ccc(CCC(=O)NNC(=O)c2ccc(CC)cc2)cc1. The number of amides is 2. The number of nitrogens with one attached hydrogen (secondary N) is 2. The van der Waals surface area contributed by atoms with Crippen LogP contribution in [0.4, 0.5) is 0 Å². The highest BCUT2D eigenvalue weighted by Gasteiger charge is 2.07. The minimum atomic E-state index is -0.307. The van der Waals surface area contributed by atoms with Crippen molar-refractivity contribution in [1.82, 2.24) is 10.9 Å². The van der Waals surface area contributed by atoms with E-state index in [-0.39, 0.29) is 11.8 Å². The average Bonchev–Trinajstić information content (AvgIpc) is 2.64. The lowest BCUT2D eigenvalue weighted by molar-refractivity contribution is -0.121. The highest BCUT2D eigenvalue weighted by molar-refractivity contribution is 5.95. The van der Waals surface area contributed by atoms with Crippen molar-refractivity contribution >= 4 is 11.8 Å². The van der Waals surface area contributed by atoms with E-state index in [1.807, 2.05) is 24.3 Å². The molecule has 2 amide bonds. The Hall–Kier alpha value is -2.62. The molecule has 0 bridgehead atoms. The van der Waals surface area contributed by atoms with Gasteiger partial charge in [-0.15, -0.1) is 0 Å². The number of hydrogen-bond donors (Lipinski definition) is 2. The largest absolute Gasteiger partial charge is 0.273 e. The molecule has 0 aromatic heterocycles. The maximum Gasteiger partial charge on any atom is 0.269 e. The smallest absolute Gasteiger partial charge is 0.269 e. The van der Waals surface area contributed by atoms with E-state index >= 15 is 0 Å². The molecule has 2 aromatic carbocycles. The first-order valence-electron chi connectivity index (χ1n) is 8.38. The van der Waals surface area contributed by atoms with Gasteiger partial charge >= 0.3 is 0 Å². The van der Waals surface area contributed by atoms with Crippen molar-refractivity contribution in [2.24, 2.45) is 0 Å². The van der Waals surface area contributed by atoms with E-state index in [2.05, 4.69) is 36.8 Å². The zero-order valence-electron chi connectivity index (χ0n) is 14.3. The molecule has 0 heterocycles. The molecule has 0 radical (unpaired) electrons. The molecule has 0 aliphatic heterocycles. The van der Waals surface area contributed by atoms with E-state index < -0.39 is 0 Å². The zero-order valence-corrected chi connectivity index (χ0v) is 14.3. The van der Waals surface area contributed by atoms with E-state index in [1.54, 1.807) is 12.1 Å². The molecule has 0 spiro atoms. The van der Waals surface area contributed by atoms with Crippen molar-refractivity contribution in [2.75, 3.05) is 0 Å². The van der Waals surface area contributed by atoms with Gasteiger partial charge in [0.25, 0.3) is 5.91 Å². The fourth-order valence-corrected chi connectivity index (χ4v) is 2.35. The predicted molar refractivity (Wildman–Crippen MR) is 95.6 cm³/mol. The number of aryl methyl sites for hydroxylation is 3. The first-order chi connectivity index (χ1) is 11.6. The summed E-state index contributed by atoms with van der Waals surface area (Å²) in [5, 5.41) is 0. The molecule has 0 aliphatic carbocycles. The summed E-state index contributed by atoms with van der Waals surface area (Å²) in [5.74, 6) is -0.508. The molecule has 0 saturated carbocycles. The van der Waals surface area contributed by atoms with Crippen LogP contribution in [0.5, 0.6) is 0 Å². The van der Waals surface area contributed by atoms with Crippen molar-refractivity contribution in [3.8, 4) is 0 Å². The summed E-state index contributed by atoms with van der Waals surface area (Å²) in [5.41, 5.74) is 9.01. The Labute approximate surface area is 143 Å². The lowest BCUT2D eigenvalue weighted by atomic mass is 10.1. The Balaban J connectivity index is 1.76. The lowest BCUT2D eigenvalue weighted by Gasteiger charge is -2.08. The van der Waals surface area contributed by atoms with E-state index in [0.29, 0.717) is 18.4 Å². The minimum Gasteiger partial charge on any atom is -0.273 e. The molecule has 0 unspecified atom stereocenters. The highest BCUT2D eigenvalue weighted by Crippen LogP contribution is 2.07. The Bertz CT molecular complexity index is 676. The summed E-state index contributed by atoms with van der Waals surface area (Å²) in [6, 6.07) is 15.6. The Morgan fingerprint density at radius 1 is 0.750 bits per heavy atom. The van der Waals surface area contributed by atoms with Gasteiger partial charge in [0.2, 0.25) is 5.91 Å². The van der Waals surface area contributed by atoms with E-state index in [4.69, 9.17) is 0 Å². The summed E-state index contributed by atoms with van der Waals surface area (Å²) >= 11 is 0. The number of hydrogen-bond acceptors (Lipinski definition) is 2. The fourth-order valence-electron chi connectivity index (χ4n) is 2.35. The Morgan fingerprint density at radius 3 is 1.79 bits per heavy atom. The van der Waals surface area contributed by atoms with Gasteiger partial charge in [0.05, 0.1) is 0 Å². The highest BCUT2D eigenvalue weighted by atomic mass is 16.2. The molecule has 0 atom stereocenters. The van der Waals surface area contributed by atoms with Crippen molar-refractivity contribution in [2.45, 2.75) is 39.5 Å². The summed E-state index contributed by atoms with van der Waals surface area (Å²) < 4.78 is 0. The molecule has 0 fully saturated rings. The maximum atomic E-state index is 12.0. The monoisotopic (exact) mass is 324 g/mol. The third kappa shape index (κ3) is 5.23. The second-order valence-electron chi connectivity index (χ2n) is 5.72. The Kier molecular flexibility index (Phi) is 6.55. The molecule has 0 aliphatic rings. The third-order valence-corrected chi connectivity index (χ3v) is 4.01. The summed E-state index contributed by atoms with van der Waals surface area (Å²) in [6.45, 7) is 4.17. The van der Waals surface area contributed by atoms with Gasteiger partial charge in [-0.1, -0.05) is 50.2 Å². The van der Waals surface area contributed by atoms with Crippen molar-refractivity contribution in [3.05, 3.63) is 70.8 Å². The standard InChI is InChI=1S/C20H24N2O2/c1-3-15-5-7-17(8-6-15)11-14-19(23)21-22-20(24)18-12-9-16(4-2)10-13-18/h5-10,12-13H,3-4,11,14H2,1-2H3,(H,21,23)(H,22,24). The first kappa shape index (κ1) is 17.7. The number of carbonyl (C=O) groups is 2. The van der Waals surface area contributed by atoms with Gasteiger partial charge in [-0.3, -0.25) is 20.4 Å². The number of carbonyl (C=O) groups excluding carboxylic acids is 2. The summed E-state index contributed by atoms with van der Waals surface area (Å²) in [7, 11) is 0. The van der Waals surface area contributed by atoms with E-state index in [1.165, 1.54) is 11.1 Å². The van der Waals surface area contributed by atoms with Crippen molar-refractivity contribution in [3.63, 3.8) is 0 Å². The molecule has 2 aromatic rings. The first-order valence-corrected chi connectivity index (χ1v) is 8.38. The minimum absolute atomic E-state index is 0.201. The lowest BCUT2D eigenvalue weighted by Crippen LogP contribution is -2.41. The molecule has 4 nitrogen and oxygen atoms in total. The van der Waals surface area contributed by atoms with Gasteiger partial charge in [0.1, 0.15) is 0 Å². The van der Waals surface area contributed by atoms with E-state index in [9.17, 15) is 9.59 Å². The topological polar surface area (TPSA) is 58.2 Å². The van der Waals surface area contributed by atoms with Crippen molar-refractivity contribution < 1.29 is 9.59 Å². The van der Waals surface area contributed by atoms with Gasteiger partial charge in [0, 0.05) is 12.0 Å². The van der Waals surface area contributed by atoms with Crippen LogP contribution < -0.4 is 10.9 Å². The summed E-state index contributed by atoms with van der Waals surface area (Å²) in [6.07, 6.45) is 2.92. The summed E-state index contributed by atoms with van der Waals surface area (Å²) in [4.78, 5) is 23.8. The molecular formula is C20H24N2O2.